The second kappa shape index (κ2) is 6.47. The molecule has 0 saturated heterocycles. The molecule has 2 heterocycles. The second-order valence-corrected chi connectivity index (χ2v) is 7.00. The lowest BCUT2D eigenvalue weighted by Crippen LogP contribution is -2.40. The van der Waals surface area contributed by atoms with E-state index in [9.17, 15) is 10.0 Å². The molecule has 1 N–H and O–H groups in total. The number of quaternary nitrogens is 1. The van der Waals surface area contributed by atoms with E-state index < -0.39 is 4.65 Å². The summed E-state index contributed by atoms with van der Waals surface area (Å²) in [6, 6.07) is 10.8. The van der Waals surface area contributed by atoms with Gasteiger partial charge in [0.25, 0.3) is 5.91 Å². The first-order chi connectivity index (χ1) is 11.4. The summed E-state index contributed by atoms with van der Waals surface area (Å²) in [5.41, 5.74) is 1.72. The molecule has 1 aromatic carbocycles. The van der Waals surface area contributed by atoms with Crippen molar-refractivity contribution in [2.24, 2.45) is 0 Å². The number of fused-ring (bicyclic) bond motifs is 1. The highest BCUT2D eigenvalue weighted by molar-refractivity contribution is 9.10. The Balaban J connectivity index is 2.14. The van der Waals surface area contributed by atoms with Gasteiger partial charge in [0, 0.05) is 40.8 Å². The molecule has 0 bridgehead atoms. The molecule has 1 aliphatic rings. The molecule has 1 amide bonds. The molecule has 0 fully saturated rings. The predicted octanol–water partition coefficient (Wildman–Crippen LogP) is 3.95. The molecule has 1 aromatic heterocycles. The molecule has 124 valence electrons. The monoisotopic (exact) mass is 387 g/mol. The molecular formula is C18H18BrN3O2. The van der Waals surface area contributed by atoms with Crippen LogP contribution in [0.4, 0.5) is 11.5 Å². The largest absolute Gasteiger partial charge is 0.616 e. The zero-order chi connectivity index (χ0) is 17.3. The number of nitrogens with zero attached hydrogens (tertiary/aromatic N) is 2. The van der Waals surface area contributed by atoms with Crippen LogP contribution < -0.4 is 9.96 Å². The van der Waals surface area contributed by atoms with Gasteiger partial charge in [-0.05, 0) is 32.0 Å². The van der Waals surface area contributed by atoms with Crippen molar-refractivity contribution in [3.63, 3.8) is 0 Å². The number of carbonyl (C=O) groups excluding carboxylic acids is 1. The van der Waals surface area contributed by atoms with E-state index in [1.165, 1.54) is 6.20 Å². The molecule has 0 aliphatic carbocycles. The molecule has 0 radical (unpaired) electrons. The topological polar surface area (TPSA) is 65.0 Å². The van der Waals surface area contributed by atoms with Crippen LogP contribution in [-0.4, -0.2) is 16.9 Å². The van der Waals surface area contributed by atoms with Crippen LogP contribution in [0.25, 0.3) is 0 Å². The molecule has 6 heteroatoms. The van der Waals surface area contributed by atoms with Gasteiger partial charge >= 0.3 is 0 Å². The minimum absolute atomic E-state index is 0.00752. The fourth-order valence-electron chi connectivity index (χ4n) is 2.77. The summed E-state index contributed by atoms with van der Waals surface area (Å²) >= 11 is 3.40. The zero-order valence-corrected chi connectivity index (χ0v) is 15.1. The number of aromatic nitrogens is 1. The van der Waals surface area contributed by atoms with E-state index in [0.717, 1.165) is 10.0 Å². The van der Waals surface area contributed by atoms with Crippen molar-refractivity contribution in [2.75, 3.05) is 0 Å². The zero-order valence-electron chi connectivity index (χ0n) is 13.5. The molecule has 3 rings (SSSR count). The highest BCUT2D eigenvalue weighted by Gasteiger charge is 2.34. The first-order valence-electron chi connectivity index (χ1n) is 7.73. The van der Waals surface area contributed by atoms with Crippen molar-refractivity contribution in [2.45, 2.75) is 26.3 Å². The van der Waals surface area contributed by atoms with Crippen molar-refractivity contribution >= 4 is 33.3 Å². The van der Waals surface area contributed by atoms with Crippen LogP contribution in [0, 0.1) is 5.21 Å². The number of nitrogens with one attached hydrogen (secondary N) is 1. The Labute approximate surface area is 149 Å². The van der Waals surface area contributed by atoms with Gasteiger partial charge in [0.2, 0.25) is 5.82 Å². The third kappa shape index (κ3) is 3.13. The fourth-order valence-corrected chi connectivity index (χ4v) is 3.16. The van der Waals surface area contributed by atoms with Crippen LogP contribution >= 0.6 is 15.9 Å². The van der Waals surface area contributed by atoms with Gasteiger partial charge in [0.1, 0.15) is 11.9 Å². The number of rotatable bonds is 3. The Kier molecular flexibility index (Phi) is 4.54. The number of carbonyl (C=O) groups is 1. The number of hydrogen-bond donors (Lipinski definition) is 1. The summed E-state index contributed by atoms with van der Waals surface area (Å²) in [6.07, 6.45) is 3.46. The van der Waals surface area contributed by atoms with Crippen LogP contribution in [0.5, 0.6) is 0 Å². The molecule has 1 atom stereocenters. The Morgan fingerprint density at radius 3 is 2.83 bits per heavy atom. The molecule has 0 spiro atoms. The van der Waals surface area contributed by atoms with Crippen LogP contribution in [0.1, 0.15) is 19.4 Å². The maximum Gasteiger partial charge on any atom is 0.253 e. The van der Waals surface area contributed by atoms with E-state index in [2.05, 4.69) is 26.2 Å². The third-order valence-corrected chi connectivity index (χ3v) is 4.30. The van der Waals surface area contributed by atoms with Crippen molar-refractivity contribution in [1.29, 1.82) is 0 Å². The number of pyridine rings is 1. The van der Waals surface area contributed by atoms with Crippen molar-refractivity contribution in [3.05, 3.63) is 69.6 Å². The molecule has 24 heavy (non-hydrogen) atoms. The maximum atomic E-state index is 13.7. The lowest BCUT2D eigenvalue weighted by atomic mass is 10.0. The first kappa shape index (κ1) is 16.8. The lowest BCUT2D eigenvalue weighted by Gasteiger charge is -2.40. The van der Waals surface area contributed by atoms with Crippen LogP contribution in [0.3, 0.4) is 0 Å². The molecule has 0 saturated carbocycles. The minimum atomic E-state index is -0.879. The Hall–Kier alpha value is -2.02. The molecule has 5 nitrogen and oxygen atoms in total. The summed E-state index contributed by atoms with van der Waals surface area (Å²) in [7, 11) is 0. The van der Waals surface area contributed by atoms with Gasteiger partial charge in [-0.1, -0.05) is 22.0 Å². The Bertz CT molecular complexity index is 819. The molecular weight excluding hydrogens is 370 g/mol. The van der Waals surface area contributed by atoms with Crippen LogP contribution in [0.2, 0.25) is 0 Å². The average molecular weight is 388 g/mol. The van der Waals surface area contributed by atoms with Crippen LogP contribution in [-0.2, 0) is 11.2 Å². The third-order valence-electron chi connectivity index (χ3n) is 3.80. The highest BCUT2D eigenvalue weighted by atomic mass is 79.9. The van der Waals surface area contributed by atoms with E-state index >= 15 is 0 Å². The minimum Gasteiger partial charge on any atom is -0.616 e. The van der Waals surface area contributed by atoms with E-state index in [4.69, 9.17) is 0 Å². The lowest BCUT2D eigenvalue weighted by molar-refractivity contribution is -0.118. The van der Waals surface area contributed by atoms with Gasteiger partial charge in [0.15, 0.2) is 0 Å². The molecule has 1 aliphatic heterocycles. The van der Waals surface area contributed by atoms with Gasteiger partial charge in [-0.3, -0.25) is 9.44 Å². The Morgan fingerprint density at radius 2 is 2.12 bits per heavy atom. The quantitative estimate of drug-likeness (QED) is 0.640. The number of hydrogen-bond acceptors (Lipinski definition) is 3. The van der Waals surface area contributed by atoms with Gasteiger partial charge in [-0.25, -0.2) is 4.98 Å². The standard InChI is InChI=1S/C18H18BrN3O2/c1-12(2)21-18(23)14-9-13-5-4-8-20-17(13)22(24,11-14)16-7-3-6-15(19)10-16/h3-8,10-12H,9H2,1-2H3,(H,21,23). The SMILES string of the molecule is CC(C)NC(=O)C1=C[N+]([O-])(c2cccc(Br)c2)c2ncccc2C1. The van der Waals surface area contributed by atoms with Gasteiger partial charge in [-0.2, -0.15) is 0 Å². The second-order valence-electron chi connectivity index (χ2n) is 6.08. The Morgan fingerprint density at radius 1 is 1.33 bits per heavy atom. The van der Waals surface area contributed by atoms with Gasteiger partial charge in [0.05, 0.1) is 5.57 Å². The van der Waals surface area contributed by atoms with Crippen molar-refractivity contribution in [3.8, 4) is 0 Å². The van der Waals surface area contributed by atoms with E-state index in [1.807, 2.05) is 26.0 Å². The maximum absolute atomic E-state index is 13.7. The first-order valence-corrected chi connectivity index (χ1v) is 8.52. The molecule has 2 aromatic rings. The van der Waals surface area contributed by atoms with E-state index in [0.29, 0.717) is 23.5 Å². The normalized spacial score (nSPS) is 19.6. The van der Waals surface area contributed by atoms with E-state index in [1.54, 1.807) is 30.5 Å². The highest BCUT2D eigenvalue weighted by Crippen LogP contribution is 2.40. The van der Waals surface area contributed by atoms with Gasteiger partial charge < -0.3 is 10.5 Å². The van der Waals surface area contributed by atoms with Crippen molar-refractivity contribution in [1.82, 2.24) is 14.9 Å². The smallest absolute Gasteiger partial charge is 0.253 e. The fraction of sp³-hybridized carbons (Fsp3) is 0.222. The van der Waals surface area contributed by atoms with Gasteiger partial charge in [-0.15, -0.1) is 0 Å². The summed E-state index contributed by atoms with van der Waals surface area (Å²) in [6.45, 7) is 3.79. The average Bonchev–Trinajstić information content (AvgIpc) is 2.54. The summed E-state index contributed by atoms with van der Waals surface area (Å²) in [4.78, 5) is 16.7. The summed E-state index contributed by atoms with van der Waals surface area (Å²) < 4.78 is -0.0748. The molecule has 1 unspecified atom stereocenters. The van der Waals surface area contributed by atoms with E-state index in [-0.39, 0.29) is 11.9 Å². The number of benzene rings is 1. The number of amides is 1. The summed E-state index contributed by atoms with van der Waals surface area (Å²) in [5.74, 6) is 0.185. The van der Waals surface area contributed by atoms with Crippen molar-refractivity contribution < 1.29 is 4.79 Å². The predicted molar refractivity (Wildman–Crippen MR) is 98.3 cm³/mol. The summed E-state index contributed by atoms with van der Waals surface area (Å²) in [5, 5.41) is 16.6. The van der Waals surface area contributed by atoms with Crippen LogP contribution in [0.15, 0.2) is 58.8 Å². The number of hydroxylamine groups is 1. The number of halogens is 1.